The molecule has 0 bridgehead atoms. The van der Waals surface area contributed by atoms with Crippen molar-refractivity contribution >= 4 is 37.9 Å². The first-order valence-corrected chi connectivity index (χ1v) is 8.58. The van der Waals surface area contributed by atoms with Crippen molar-refractivity contribution in [1.29, 1.82) is 0 Å². The van der Waals surface area contributed by atoms with Gasteiger partial charge in [-0.05, 0) is 35.9 Å². The molecule has 0 fully saturated rings. The van der Waals surface area contributed by atoms with E-state index in [1.807, 2.05) is 18.2 Å². The Balaban J connectivity index is 1.81. The maximum absolute atomic E-state index is 12.5. The predicted octanol–water partition coefficient (Wildman–Crippen LogP) is 5.54. The minimum absolute atomic E-state index is 0.139. The van der Waals surface area contributed by atoms with E-state index in [-0.39, 0.29) is 5.78 Å². The Morgan fingerprint density at radius 1 is 1.10 bits per heavy atom. The standard InChI is InChI=1S/C17H16OS2/c1-2-3-4-12-5-7-13(8-6-12)17(18)16-11-15-14(20-16)9-10-19-15/h5-11H,2-4H2,1H3. The Bertz CT molecular complexity index is 690. The molecule has 0 spiro atoms. The van der Waals surface area contributed by atoms with Gasteiger partial charge in [0.2, 0.25) is 5.78 Å². The summed E-state index contributed by atoms with van der Waals surface area (Å²) in [4.78, 5) is 13.3. The molecule has 0 aliphatic carbocycles. The molecule has 0 atom stereocenters. The van der Waals surface area contributed by atoms with Crippen molar-refractivity contribution in [2.75, 3.05) is 0 Å². The van der Waals surface area contributed by atoms with Crippen LogP contribution in [0.3, 0.4) is 0 Å². The molecule has 0 saturated carbocycles. The normalized spacial score (nSPS) is 11.1. The van der Waals surface area contributed by atoms with Gasteiger partial charge in [-0.25, -0.2) is 0 Å². The fourth-order valence-corrected chi connectivity index (χ4v) is 4.29. The van der Waals surface area contributed by atoms with Crippen LogP contribution >= 0.6 is 22.7 Å². The van der Waals surface area contributed by atoms with Crippen molar-refractivity contribution in [2.24, 2.45) is 0 Å². The Labute approximate surface area is 126 Å². The molecule has 1 aromatic carbocycles. The summed E-state index contributed by atoms with van der Waals surface area (Å²) < 4.78 is 2.41. The molecule has 0 amide bonds. The van der Waals surface area contributed by atoms with Crippen LogP contribution in [0.5, 0.6) is 0 Å². The van der Waals surface area contributed by atoms with Gasteiger partial charge in [-0.2, -0.15) is 0 Å². The first-order valence-electron chi connectivity index (χ1n) is 6.88. The molecule has 0 saturated heterocycles. The summed E-state index contributed by atoms with van der Waals surface area (Å²) in [7, 11) is 0. The van der Waals surface area contributed by atoms with Gasteiger partial charge in [-0.1, -0.05) is 37.6 Å². The van der Waals surface area contributed by atoms with Crippen LogP contribution in [0.2, 0.25) is 0 Å². The van der Waals surface area contributed by atoms with Gasteiger partial charge in [0.15, 0.2) is 0 Å². The smallest absolute Gasteiger partial charge is 0.203 e. The maximum Gasteiger partial charge on any atom is 0.203 e. The molecule has 3 rings (SSSR count). The number of hydrogen-bond acceptors (Lipinski definition) is 3. The molecule has 0 aliphatic rings. The molecule has 3 aromatic rings. The quantitative estimate of drug-likeness (QED) is 0.566. The summed E-state index contributed by atoms with van der Waals surface area (Å²) in [6.07, 6.45) is 3.50. The zero-order valence-electron chi connectivity index (χ0n) is 11.4. The fourth-order valence-electron chi connectivity index (χ4n) is 2.22. The third-order valence-corrected chi connectivity index (χ3v) is 5.49. The highest BCUT2D eigenvalue weighted by molar-refractivity contribution is 7.28. The number of fused-ring (bicyclic) bond motifs is 1. The van der Waals surface area contributed by atoms with Crippen LogP contribution in [0.15, 0.2) is 41.8 Å². The summed E-state index contributed by atoms with van der Waals surface area (Å²) >= 11 is 3.28. The van der Waals surface area contributed by atoms with Crippen LogP contribution in [0.25, 0.3) is 9.40 Å². The van der Waals surface area contributed by atoms with Crippen molar-refractivity contribution in [3.05, 3.63) is 57.8 Å². The summed E-state index contributed by atoms with van der Waals surface area (Å²) in [6.45, 7) is 2.19. The van der Waals surface area contributed by atoms with Crippen molar-refractivity contribution in [3.8, 4) is 0 Å². The zero-order chi connectivity index (χ0) is 13.9. The average molecular weight is 300 g/mol. The van der Waals surface area contributed by atoms with Gasteiger partial charge in [0.25, 0.3) is 0 Å². The molecule has 2 heterocycles. The number of ketones is 1. The van der Waals surface area contributed by atoms with E-state index in [0.29, 0.717) is 0 Å². The van der Waals surface area contributed by atoms with Crippen LogP contribution in [0.4, 0.5) is 0 Å². The summed E-state index contributed by atoms with van der Waals surface area (Å²) in [5, 5.41) is 2.07. The highest BCUT2D eigenvalue weighted by atomic mass is 32.1. The molecule has 0 aliphatic heterocycles. The maximum atomic E-state index is 12.5. The number of thiophene rings is 2. The topological polar surface area (TPSA) is 17.1 Å². The molecular weight excluding hydrogens is 284 g/mol. The zero-order valence-corrected chi connectivity index (χ0v) is 13.0. The van der Waals surface area contributed by atoms with Crippen LogP contribution in [0.1, 0.15) is 40.6 Å². The van der Waals surface area contributed by atoms with Gasteiger partial charge >= 0.3 is 0 Å². The first-order chi connectivity index (χ1) is 9.78. The van der Waals surface area contributed by atoms with E-state index >= 15 is 0 Å². The third-order valence-electron chi connectivity index (χ3n) is 3.40. The number of carbonyl (C=O) groups excluding carboxylic acids is 1. The average Bonchev–Trinajstić information content (AvgIpc) is 3.06. The predicted molar refractivity (Wildman–Crippen MR) is 88.2 cm³/mol. The fraction of sp³-hybridized carbons (Fsp3) is 0.235. The molecule has 1 nitrogen and oxygen atoms in total. The molecule has 20 heavy (non-hydrogen) atoms. The highest BCUT2D eigenvalue weighted by Crippen LogP contribution is 2.31. The molecule has 102 valence electrons. The second-order valence-corrected chi connectivity index (χ2v) is 6.92. The van der Waals surface area contributed by atoms with Crippen molar-refractivity contribution in [3.63, 3.8) is 0 Å². The highest BCUT2D eigenvalue weighted by Gasteiger charge is 2.13. The largest absolute Gasteiger partial charge is 0.288 e. The van der Waals surface area contributed by atoms with E-state index in [9.17, 15) is 4.79 Å². The number of hydrogen-bond donors (Lipinski definition) is 0. The van der Waals surface area contributed by atoms with Crippen LogP contribution in [-0.4, -0.2) is 5.78 Å². The van der Waals surface area contributed by atoms with Crippen molar-refractivity contribution < 1.29 is 4.79 Å². The Kier molecular flexibility index (Phi) is 3.99. The van der Waals surface area contributed by atoms with E-state index in [1.54, 1.807) is 22.7 Å². The van der Waals surface area contributed by atoms with Crippen LogP contribution in [-0.2, 0) is 6.42 Å². The van der Waals surface area contributed by atoms with Gasteiger partial charge in [0.05, 0.1) is 4.88 Å². The molecule has 0 radical (unpaired) electrons. The van der Waals surface area contributed by atoms with E-state index in [0.717, 1.165) is 16.9 Å². The molecule has 2 aromatic heterocycles. The number of rotatable bonds is 5. The number of aryl methyl sites for hydroxylation is 1. The van der Waals surface area contributed by atoms with Gasteiger partial charge in [-0.3, -0.25) is 4.79 Å². The second kappa shape index (κ2) is 5.90. The minimum atomic E-state index is 0.139. The third kappa shape index (κ3) is 2.69. The summed E-state index contributed by atoms with van der Waals surface area (Å²) in [6, 6.07) is 12.2. The number of benzene rings is 1. The van der Waals surface area contributed by atoms with E-state index in [2.05, 4.69) is 30.5 Å². The molecule has 0 unspecified atom stereocenters. The lowest BCUT2D eigenvalue weighted by Gasteiger charge is -2.02. The Hall–Kier alpha value is -1.45. The first kappa shape index (κ1) is 13.5. The van der Waals surface area contributed by atoms with Crippen LogP contribution in [0, 0.1) is 0 Å². The number of carbonyl (C=O) groups is 1. The SMILES string of the molecule is CCCCc1ccc(C(=O)c2cc3sccc3s2)cc1. The second-order valence-electron chi connectivity index (χ2n) is 4.89. The lowest BCUT2D eigenvalue weighted by Crippen LogP contribution is -1.98. The van der Waals surface area contributed by atoms with Gasteiger partial charge < -0.3 is 0 Å². The lowest BCUT2D eigenvalue weighted by atomic mass is 10.0. The summed E-state index contributed by atoms with van der Waals surface area (Å²) in [5.41, 5.74) is 2.11. The molecular formula is C17H16OS2. The van der Waals surface area contributed by atoms with Crippen molar-refractivity contribution in [1.82, 2.24) is 0 Å². The van der Waals surface area contributed by atoms with Gasteiger partial charge in [0, 0.05) is 15.0 Å². The minimum Gasteiger partial charge on any atom is -0.288 e. The van der Waals surface area contributed by atoms with E-state index in [4.69, 9.17) is 0 Å². The van der Waals surface area contributed by atoms with E-state index in [1.165, 1.54) is 27.8 Å². The van der Waals surface area contributed by atoms with Crippen molar-refractivity contribution in [2.45, 2.75) is 26.2 Å². The summed E-state index contributed by atoms with van der Waals surface area (Å²) in [5.74, 6) is 0.139. The molecule has 3 heteroatoms. The lowest BCUT2D eigenvalue weighted by molar-refractivity contribution is 0.104. The Morgan fingerprint density at radius 3 is 2.60 bits per heavy atom. The Morgan fingerprint density at radius 2 is 1.90 bits per heavy atom. The monoisotopic (exact) mass is 300 g/mol. The van der Waals surface area contributed by atoms with Crippen LogP contribution < -0.4 is 0 Å². The molecule has 0 N–H and O–H groups in total. The van der Waals surface area contributed by atoms with E-state index < -0.39 is 0 Å². The van der Waals surface area contributed by atoms with Gasteiger partial charge in [-0.15, -0.1) is 22.7 Å². The number of unbranched alkanes of at least 4 members (excludes halogenated alkanes) is 1. The van der Waals surface area contributed by atoms with Gasteiger partial charge in [0.1, 0.15) is 0 Å².